The van der Waals surface area contributed by atoms with Crippen LogP contribution in [0.15, 0.2) is 40.4 Å². The first-order chi connectivity index (χ1) is 8.67. The molecule has 18 heavy (non-hydrogen) atoms. The van der Waals surface area contributed by atoms with Crippen LogP contribution in [0.4, 0.5) is 5.69 Å². The number of hydrazone groups is 1. The summed E-state index contributed by atoms with van der Waals surface area (Å²) >= 11 is 0. The first-order valence-corrected chi connectivity index (χ1v) is 5.55. The fourth-order valence-corrected chi connectivity index (χ4v) is 1.23. The second-order valence-electron chi connectivity index (χ2n) is 3.60. The fraction of sp³-hybridized carbons (Fsp3) is 0.308. The maximum absolute atomic E-state index is 11.3. The van der Waals surface area contributed by atoms with Crippen molar-refractivity contribution in [3.63, 3.8) is 0 Å². The molecule has 0 atom stereocenters. The molecule has 0 unspecified atom stereocenters. The maximum Gasteiger partial charge on any atom is 0.311 e. The van der Waals surface area contributed by atoms with E-state index in [9.17, 15) is 4.79 Å². The number of aliphatic imine (C=N–C) groups is 1. The standard InChI is InChI=1S/C13H17N3O2/c1-10(14-2)12(9-13(17)18-3)16-15-11-7-5-4-6-8-11/h4-8,15H,9H2,1-3H3/b14-10-,16-12-. The highest BCUT2D eigenvalue weighted by Gasteiger charge is 2.10. The third-order valence-electron chi connectivity index (χ3n) is 2.39. The van der Waals surface area contributed by atoms with Gasteiger partial charge >= 0.3 is 5.97 Å². The molecule has 96 valence electrons. The summed E-state index contributed by atoms with van der Waals surface area (Å²) in [5, 5.41) is 4.19. The van der Waals surface area contributed by atoms with E-state index in [1.54, 1.807) is 14.0 Å². The third-order valence-corrected chi connectivity index (χ3v) is 2.39. The van der Waals surface area contributed by atoms with E-state index in [1.165, 1.54) is 7.11 Å². The zero-order chi connectivity index (χ0) is 13.4. The second-order valence-corrected chi connectivity index (χ2v) is 3.60. The van der Waals surface area contributed by atoms with Crippen LogP contribution >= 0.6 is 0 Å². The number of hydrogen-bond acceptors (Lipinski definition) is 5. The Kier molecular flexibility index (Phi) is 5.57. The lowest BCUT2D eigenvalue weighted by atomic mass is 10.2. The summed E-state index contributed by atoms with van der Waals surface area (Å²) in [5.41, 5.74) is 5.00. The monoisotopic (exact) mass is 247 g/mol. The average molecular weight is 247 g/mol. The molecule has 1 rings (SSSR count). The predicted octanol–water partition coefficient (Wildman–Crippen LogP) is 2.11. The Morgan fingerprint density at radius 2 is 2.00 bits per heavy atom. The molecule has 1 N–H and O–H groups in total. The molecule has 1 aromatic carbocycles. The van der Waals surface area contributed by atoms with Crippen LogP contribution in [-0.2, 0) is 9.53 Å². The lowest BCUT2D eigenvalue weighted by molar-refractivity contribution is -0.139. The number of esters is 1. The number of para-hydroxylation sites is 1. The molecule has 0 heterocycles. The average Bonchev–Trinajstić information content (AvgIpc) is 2.43. The minimum absolute atomic E-state index is 0.0967. The maximum atomic E-state index is 11.3. The summed E-state index contributed by atoms with van der Waals surface area (Å²) in [7, 11) is 3.01. The Morgan fingerprint density at radius 1 is 1.33 bits per heavy atom. The van der Waals surface area contributed by atoms with Gasteiger partial charge in [-0.3, -0.25) is 15.2 Å². The quantitative estimate of drug-likeness (QED) is 0.492. The molecule has 0 spiro atoms. The van der Waals surface area contributed by atoms with Crippen molar-refractivity contribution in [3.8, 4) is 0 Å². The first kappa shape index (κ1) is 13.9. The minimum Gasteiger partial charge on any atom is -0.469 e. The van der Waals surface area contributed by atoms with Gasteiger partial charge in [-0.15, -0.1) is 0 Å². The molecule has 0 radical (unpaired) electrons. The Morgan fingerprint density at radius 3 is 2.56 bits per heavy atom. The Labute approximate surface area is 107 Å². The highest BCUT2D eigenvalue weighted by Crippen LogP contribution is 2.05. The summed E-state index contributed by atoms with van der Waals surface area (Å²) in [5.74, 6) is -0.341. The van der Waals surface area contributed by atoms with Crippen molar-refractivity contribution in [1.82, 2.24) is 0 Å². The molecule has 5 nitrogen and oxygen atoms in total. The van der Waals surface area contributed by atoms with Gasteiger partial charge in [-0.1, -0.05) is 18.2 Å². The van der Waals surface area contributed by atoms with Crippen LogP contribution in [0.2, 0.25) is 0 Å². The number of nitrogens with one attached hydrogen (secondary N) is 1. The van der Waals surface area contributed by atoms with Gasteiger partial charge in [0.05, 0.1) is 30.6 Å². The number of hydrogen-bond donors (Lipinski definition) is 1. The predicted molar refractivity (Wildman–Crippen MR) is 73.2 cm³/mol. The number of anilines is 1. The van der Waals surface area contributed by atoms with Gasteiger partial charge in [-0.2, -0.15) is 5.10 Å². The molecule has 0 bridgehead atoms. The molecular weight excluding hydrogens is 230 g/mol. The minimum atomic E-state index is -0.341. The van der Waals surface area contributed by atoms with Crippen LogP contribution < -0.4 is 5.43 Å². The molecule has 0 aliphatic carbocycles. The van der Waals surface area contributed by atoms with Crippen molar-refractivity contribution >= 4 is 23.1 Å². The van der Waals surface area contributed by atoms with Crippen LogP contribution in [0.1, 0.15) is 13.3 Å². The number of carbonyl (C=O) groups excluding carboxylic acids is 1. The van der Waals surface area contributed by atoms with Crippen LogP contribution in [-0.4, -0.2) is 31.6 Å². The van der Waals surface area contributed by atoms with Crippen LogP contribution in [0.5, 0.6) is 0 Å². The molecule has 0 saturated heterocycles. The van der Waals surface area contributed by atoms with Gasteiger partial charge in [-0.05, 0) is 19.1 Å². The highest BCUT2D eigenvalue weighted by atomic mass is 16.5. The van der Waals surface area contributed by atoms with Gasteiger partial charge in [0, 0.05) is 7.05 Å². The molecule has 1 aromatic rings. The fourth-order valence-electron chi connectivity index (χ4n) is 1.23. The number of benzene rings is 1. The number of carbonyl (C=O) groups is 1. The molecule has 5 heteroatoms. The molecular formula is C13H17N3O2. The molecule has 0 fully saturated rings. The van der Waals surface area contributed by atoms with Crippen molar-refractivity contribution in [2.75, 3.05) is 19.6 Å². The van der Waals surface area contributed by atoms with E-state index >= 15 is 0 Å². The van der Waals surface area contributed by atoms with Crippen molar-refractivity contribution in [3.05, 3.63) is 30.3 Å². The lowest BCUT2D eigenvalue weighted by Crippen LogP contribution is -2.18. The first-order valence-electron chi connectivity index (χ1n) is 5.55. The van der Waals surface area contributed by atoms with E-state index in [-0.39, 0.29) is 12.4 Å². The SMILES string of the molecule is C/N=C(C)\C(CC(=O)OC)=N/Nc1ccccc1. The summed E-state index contributed by atoms with van der Waals surface area (Å²) in [6, 6.07) is 9.50. The van der Waals surface area contributed by atoms with Gasteiger partial charge in [0.25, 0.3) is 0 Å². The van der Waals surface area contributed by atoms with E-state index in [1.807, 2.05) is 30.3 Å². The summed E-state index contributed by atoms with van der Waals surface area (Å²) in [6.45, 7) is 1.80. The summed E-state index contributed by atoms with van der Waals surface area (Å²) < 4.78 is 4.62. The van der Waals surface area contributed by atoms with E-state index in [0.29, 0.717) is 11.4 Å². The molecule has 0 saturated carbocycles. The van der Waals surface area contributed by atoms with Crippen molar-refractivity contribution in [2.24, 2.45) is 10.1 Å². The van der Waals surface area contributed by atoms with Gasteiger partial charge in [0.15, 0.2) is 0 Å². The largest absolute Gasteiger partial charge is 0.469 e. The van der Waals surface area contributed by atoms with Crippen LogP contribution in [0, 0.1) is 0 Å². The summed E-state index contributed by atoms with van der Waals surface area (Å²) in [4.78, 5) is 15.3. The Hall–Kier alpha value is -2.17. The van der Waals surface area contributed by atoms with Crippen molar-refractivity contribution in [1.29, 1.82) is 0 Å². The Bertz CT molecular complexity index is 453. The molecule has 0 aliphatic heterocycles. The van der Waals surface area contributed by atoms with Crippen molar-refractivity contribution < 1.29 is 9.53 Å². The molecule has 0 amide bonds. The number of ether oxygens (including phenoxy) is 1. The van der Waals surface area contributed by atoms with E-state index in [2.05, 4.69) is 20.3 Å². The van der Waals surface area contributed by atoms with Gasteiger partial charge in [0.2, 0.25) is 0 Å². The normalized spacial score (nSPS) is 12.2. The third kappa shape index (κ3) is 4.37. The topological polar surface area (TPSA) is 63.0 Å². The smallest absolute Gasteiger partial charge is 0.311 e. The zero-order valence-electron chi connectivity index (χ0n) is 10.8. The van der Waals surface area contributed by atoms with Gasteiger partial charge < -0.3 is 4.74 Å². The molecule has 0 aliphatic rings. The van der Waals surface area contributed by atoms with Gasteiger partial charge in [0.1, 0.15) is 0 Å². The zero-order valence-corrected chi connectivity index (χ0v) is 10.8. The molecule has 0 aromatic heterocycles. The number of methoxy groups -OCH3 is 1. The summed E-state index contributed by atoms with van der Waals surface area (Å²) in [6.07, 6.45) is 0.0967. The second kappa shape index (κ2) is 7.21. The Balaban J connectivity index is 2.80. The van der Waals surface area contributed by atoms with E-state index in [0.717, 1.165) is 5.69 Å². The van der Waals surface area contributed by atoms with Gasteiger partial charge in [-0.25, -0.2) is 0 Å². The van der Waals surface area contributed by atoms with E-state index < -0.39 is 0 Å². The van der Waals surface area contributed by atoms with Crippen LogP contribution in [0.25, 0.3) is 0 Å². The van der Waals surface area contributed by atoms with Crippen LogP contribution in [0.3, 0.4) is 0 Å². The lowest BCUT2D eigenvalue weighted by Gasteiger charge is -2.06. The number of rotatable bonds is 5. The number of nitrogens with zero attached hydrogens (tertiary/aromatic N) is 2. The van der Waals surface area contributed by atoms with E-state index in [4.69, 9.17) is 0 Å². The van der Waals surface area contributed by atoms with Crippen molar-refractivity contribution in [2.45, 2.75) is 13.3 Å². The highest BCUT2D eigenvalue weighted by molar-refractivity contribution is 6.44.